The first-order valence-corrected chi connectivity index (χ1v) is 8.69. The lowest BCUT2D eigenvalue weighted by Gasteiger charge is -2.31. The van der Waals surface area contributed by atoms with E-state index in [1.807, 2.05) is 0 Å². The summed E-state index contributed by atoms with van der Waals surface area (Å²) in [6.45, 7) is 2.81. The van der Waals surface area contributed by atoms with E-state index >= 15 is 0 Å². The number of hydrazine groups is 1. The molecule has 3 amide bonds. The van der Waals surface area contributed by atoms with Crippen LogP contribution < -0.4 is 15.6 Å². The number of carbonyl (C=O) groups is 3. The monoisotopic (exact) mass is 383 g/mol. The number of nitrogens with one attached hydrogen (secondary N) is 2. The second-order valence-corrected chi connectivity index (χ2v) is 6.21. The van der Waals surface area contributed by atoms with Crippen LogP contribution in [-0.2, 0) is 9.53 Å². The van der Waals surface area contributed by atoms with E-state index in [9.17, 15) is 14.4 Å². The van der Waals surface area contributed by atoms with Gasteiger partial charge in [0.05, 0.1) is 25.2 Å². The number of hydrogen-bond acceptors (Lipinski definition) is 5. The Labute approximate surface area is 156 Å². The molecule has 9 heteroatoms. The normalized spacial score (nSPS) is 16.6. The average molecular weight is 384 g/mol. The SMILES string of the molecule is CCOC(=O)N1CCCC(C(=O)NNC(=O)c2cc(Cl)ccc2OC)C1. The number of rotatable bonds is 4. The van der Waals surface area contributed by atoms with Crippen LogP contribution in [0.15, 0.2) is 18.2 Å². The molecule has 0 radical (unpaired) electrons. The molecule has 8 nitrogen and oxygen atoms in total. The number of likely N-dealkylation sites (tertiary alicyclic amines) is 1. The molecule has 1 atom stereocenters. The highest BCUT2D eigenvalue weighted by molar-refractivity contribution is 6.31. The lowest BCUT2D eigenvalue weighted by Crippen LogP contribution is -2.50. The second-order valence-electron chi connectivity index (χ2n) is 5.77. The summed E-state index contributed by atoms with van der Waals surface area (Å²) in [7, 11) is 1.44. The molecule has 1 heterocycles. The van der Waals surface area contributed by atoms with Gasteiger partial charge in [-0.1, -0.05) is 11.6 Å². The summed E-state index contributed by atoms with van der Waals surface area (Å²) in [6.07, 6.45) is 0.878. The summed E-state index contributed by atoms with van der Waals surface area (Å²) in [5, 5.41) is 0.375. The van der Waals surface area contributed by atoms with E-state index in [-0.39, 0.29) is 24.6 Å². The van der Waals surface area contributed by atoms with Gasteiger partial charge in [0.25, 0.3) is 5.91 Å². The first-order chi connectivity index (χ1) is 12.5. The van der Waals surface area contributed by atoms with Crippen molar-refractivity contribution in [3.8, 4) is 5.75 Å². The number of amides is 3. The molecule has 2 rings (SSSR count). The Morgan fingerprint density at radius 1 is 1.31 bits per heavy atom. The van der Waals surface area contributed by atoms with Crippen LogP contribution in [-0.4, -0.2) is 49.6 Å². The molecule has 142 valence electrons. The summed E-state index contributed by atoms with van der Waals surface area (Å²) in [4.78, 5) is 37.9. The maximum Gasteiger partial charge on any atom is 0.409 e. The summed E-state index contributed by atoms with van der Waals surface area (Å²) >= 11 is 5.90. The van der Waals surface area contributed by atoms with E-state index in [0.717, 1.165) is 0 Å². The van der Waals surface area contributed by atoms with Crippen LogP contribution in [0.3, 0.4) is 0 Å². The van der Waals surface area contributed by atoms with E-state index in [4.69, 9.17) is 21.1 Å². The molecule has 1 saturated heterocycles. The van der Waals surface area contributed by atoms with Crippen LogP contribution >= 0.6 is 11.6 Å². The summed E-state index contributed by atoms with van der Waals surface area (Å²) in [6, 6.07) is 4.62. The number of ether oxygens (including phenoxy) is 2. The third-order valence-corrected chi connectivity index (χ3v) is 4.26. The number of nitrogens with zero attached hydrogens (tertiary/aromatic N) is 1. The Morgan fingerprint density at radius 3 is 2.77 bits per heavy atom. The van der Waals surface area contributed by atoms with Crippen LogP contribution in [0.1, 0.15) is 30.1 Å². The Morgan fingerprint density at radius 2 is 2.08 bits per heavy atom. The van der Waals surface area contributed by atoms with Crippen molar-refractivity contribution in [3.05, 3.63) is 28.8 Å². The third-order valence-electron chi connectivity index (χ3n) is 4.02. The molecule has 0 aliphatic carbocycles. The van der Waals surface area contributed by atoms with Gasteiger partial charge in [-0.25, -0.2) is 4.79 Å². The molecule has 1 aliphatic heterocycles. The predicted octanol–water partition coefficient (Wildman–Crippen LogP) is 1.98. The van der Waals surface area contributed by atoms with Crippen molar-refractivity contribution in [2.45, 2.75) is 19.8 Å². The number of hydrogen-bond donors (Lipinski definition) is 2. The molecule has 2 N–H and O–H groups in total. The lowest BCUT2D eigenvalue weighted by molar-refractivity contribution is -0.127. The summed E-state index contributed by atoms with van der Waals surface area (Å²) < 4.78 is 10.1. The highest BCUT2D eigenvalue weighted by atomic mass is 35.5. The van der Waals surface area contributed by atoms with Crippen molar-refractivity contribution >= 4 is 29.5 Å². The van der Waals surface area contributed by atoms with Gasteiger partial charge in [0.15, 0.2) is 0 Å². The van der Waals surface area contributed by atoms with Crippen LogP contribution in [0.5, 0.6) is 5.75 Å². The van der Waals surface area contributed by atoms with Gasteiger partial charge in [-0.15, -0.1) is 0 Å². The largest absolute Gasteiger partial charge is 0.496 e. The Hall–Kier alpha value is -2.48. The molecule has 1 unspecified atom stereocenters. The third kappa shape index (κ3) is 5.01. The van der Waals surface area contributed by atoms with Crippen LogP contribution in [0, 0.1) is 5.92 Å². The van der Waals surface area contributed by atoms with E-state index < -0.39 is 17.9 Å². The van der Waals surface area contributed by atoms with Crippen molar-refractivity contribution in [2.24, 2.45) is 5.92 Å². The number of piperidine rings is 1. The van der Waals surface area contributed by atoms with E-state index in [1.54, 1.807) is 19.1 Å². The fraction of sp³-hybridized carbons (Fsp3) is 0.471. The lowest BCUT2D eigenvalue weighted by atomic mass is 9.98. The zero-order chi connectivity index (χ0) is 19.1. The van der Waals surface area contributed by atoms with Gasteiger partial charge in [0.1, 0.15) is 5.75 Å². The molecule has 0 saturated carbocycles. The Bertz CT molecular complexity index is 682. The second kappa shape index (κ2) is 9.28. The smallest absolute Gasteiger partial charge is 0.409 e. The average Bonchev–Trinajstić information content (AvgIpc) is 2.66. The van der Waals surface area contributed by atoms with E-state index in [1.165, 1.54) is 18.1 Å². The van der Waals surface area contributed by atoms with Gasteiger partial charge < -0.3 is 14.4 Å². The van der Waals surface area contributed by atoms with Crippen molar-refractivity contribution in [1.82, 2.24) is 15.8 Å². The number of carbonyl (C=O) groups excluding carboxylic acids is 3. The molecule has 0 bridgehead atoms. The van der Waals surface area contributed by atoms with Crippen molar-refractivity contribution < 1.29 is 23.9 Å². The standard InChI is InChI=1S/C17H22ClN3O5/c1-3-26-17(24)21-8-4-5-11(10-21)15(22)19-20-16(23)13-9-12(18)6-7-14(13)25-2/h6-7,9,11H,3-5,8,10H2,1-2H3,(H,19,22)(H,20,23). The van der Waals surface area contributed by atoms with Gasteiger partial charge >= 0.3 is 6.09 Å². The van der Waals surface area contributed by atoms with Crippen LogP contribution in [0.2, 0.25) is 5.02 Å². The molecule has 1 aromatic rings. The molecular formula is C17H22ClN3O5. The first-order valence-electron chi connectivity index (χ1n) is 8.31. The first kappa shape index (κ1) is 19.8. The minimum Gasteiger partial charge on any atom is -0.496 e. The molecule has 1 fully saturated rings. The zero-order valence-electron chi connectivity index (χ0n) is 14.7. The molecule has 0 spiro atoms. The summed E-state index contributed by atoms with van der Waals surface area (Å²) in [5.74, 6) is -0.994. The fourth-order valence-electron chi connectivity index (χ4n) is 2.72. The quantitative estimate of drug-likeness (QED) is 0.775. The highest BCUT2D eigenvalue weighted by Gasteiger charge is 2.29. The van der Waals surface area contributed by atoms with Gasteiger partial charge in [-0.3, -0.25) is 20.4 Å². The van der Waals surface area contributed by atoms with Gasteiger partial charge in [-0.05, 0) is 38.0 Å². The minimum absolute atomic E-state index is 0.206. The number of methoxy groups -OCH3 is 1. The molecular weight excluding hydrogens is 362 g/mol. The molecule has 26 heavy (non-hydrogen) atoms. The summed E-state index contributed by atoms with van der Waals surface area (Å²) in [5.41, 5.74) is 4.96. The van der Waals surface area contributed by atoms with Crippen molar-refractivity contribution in [3.63, 3.8) is 0 Å². The Kier molecular flexibility index (Phi) is 7.08. The predicted molar refractivity (Wildman–Crippen MR) is 94.9 cm³/mol. The molecule has 1 aliphatic rings. The topological polar surface area (TPSA) is 97.0 Å². The number of halogens is 1. The van der Waals surface area contributed by atoms with Gasteiger partial charge in [0.2, 0.25) is 5.91 Å². The maximum atomic E-state index is 12.3. The Balaban J connectivity index is 1.93. The van der Waals surface area contributed by atoms with Crippen LogP contribution in [0.25, 0.3) is 0 Å². The van der Waals surface area contributed by atoms with E-state index in [2.05, 4.69) is 10.9 Å². The minimum atomic E-state index is -0.546. The van der Waals surface area contributed by atoms with Gasteiger partial charge in [0, 0.05) is 18.1 Å². The fourth-order valence-corrected chi connectivity index (χ4v) is 2.89. The van der Waals surface area contributed by atoms with Gasteiger partial charge in [-0.2, -0.15) is 0 Å². The molecule has 0 aromatic heterocycles. The highest BCUT2D eigenvalue weighted by Crippen LogP contribution is 2.22. The van der Waals surface area contributed by atoms with Crippen molar-refractivity contribution in [2.75, 3.05) is 26.8 Å². The van der Waals surface area contributed by atoms with E-state index in [0.29, 0.717) is 30.2 Å². The zero-order valence-corrected chi connectivity index (χ0v) is 15.5. The van der Waals surface area contributed by atoms with Crippen LogP contribution in [0.4, 0.5) is 4.79 Å². The molecule has 1 aromatic carbocycles. The number of benzene rings is 1. The maximum absolute atomic E-state index is 12.3. The van der Waals surface area contributed by atoms with Crippen molar-refractivity contribution in [1.29, 1.82) is 0 Å².